The first kappa shape index (κ1) is 12.7. The molecule has 0 bridgehead atoms. The Morgan fingerprint density at radius 3 is 2.69 bits per heavy atom. The molecule has 2 rings (SSSR count). The maximum absolute atomic E-state index is 5.91. The lowest BCUT2D eigenvalue weighted by Gasteiger charge is -2.23. The Kier molecular flexibility index (Phi) is 5.46. The number of nitrogens with one attached hydrogen (secondary N) is 1. The Labute approximate surface area is 104 Å². The van der Waals surface area contributed by atoms with Crippen molar-refractivity contribution in [1.29, 1.82) is 0 Å². The summed E-state index contributed by atoms with van der Waals surface area (Å²) in [5.74, 6) is 1.32. The molecule has 2 atom stereocenters. The fraction of sp³-hybridized carbons (Fsp3) is 1.00. The molecule has 2 aliphatic rings. The fourth-order valence-corrected chi connectivity index (χ4v) is 3.93. The molecule has 1 heterocycles. The highest BCUT2D eigenvalue weighted by Crippen LogP contribution is 2.26. The molecular formula is C13H25NOS. The van der Waals surface area contributed by atoms with Crippen molar-refractivity contribution in [3.05, 3.63) is 0 Å². The van der Waals surface area contributed by atoms with E-state index in [2.05, 4.69) is 24.0 Å². The van der Waals surface area contributed by atoms with Gasteiger partial charge in [-0.2, -0.15) is 11.8 Å². The van der Waals surface area contributed by atoms with Gasteiger partial charge in [0.25, 0.3) is 0 Å². The molecular weight excluding hydrogens is 218 g/mol. The van der Waals surface area contributed by atoms with Gasteiger partial charge in [-0.25, -0.2) is 0 Å². The minimum absolute atomic E-state index is 0.561. The number of thioether (sulfide) groups is 1. The molecule has 0 radical (unpaired) electrons. The molecule has 2 nitrogen and oxygen atoms in total. The van der Waals surface area contributed by atoms with Crippen LogP contribution in [0.2, 0.25) is 0 Å². The largest absolute Gasteiger partial charge is 0.377 e. The first-order valence-corrected chi connectivity index (χ1v) is 7.88. The Bertz CT molecular complexity index is 194. The van der Waals surface area contributed by atoms with Crippen molar-refractivity contribution >= 4 is 11.8 Å². The lowest BCUT2D eigenvalue weighted by atomic mass is 9.98. The summed E-state index contributed by atoms with van der Waals surface area (Å²) in [6.07, 6.45) is 8.61. The van der Waals surface area contributed by atoms with Gasteiger partial charge in [-0.15, -0.1) is 0 Å². The van der Waals surface area contributed by atoms with Gasteiger partial charge in [-0.05, 0) is 25.0 Å². The van der Waals surface area contributed by atoms with Crippen molar-refractivity contribution in [2.75, 3.05) is 18.9 Å². The Morgan fingerprint density at radius 2 is 2.00 bits per heavy atom. The molecule has 16 heavy (non-hydrogen) atoms. The van der Waals surface area contributed by atoms with Crippen LogP contribution in [0.5, 0.6) is 0 Å². The maximum Gasteiger partial charge on any atom is 0.0594 e. The minimum atomic E-state index is 0.561. The van der Waals surface area contributed by atoms with Gasteiger partial charge in [0.05, 0.1) is 12.7 Å². The predicted molar refractivity (Wildman–Crippen MR) is 71.2 cm³/mol. The lowest BCUT2D eigenvalue weighted by molar-refractivity contribution is 0.0294. The first-order valence-electron chi connectivity index (χ1n) is 6.83. The standard InChI is InChI=1S/C13H25NOS/c1-11-13(7-10-16-11)14-8-9-15-12-5-3-2-4-6-12/h11-14H,2-10H2,1H3. The average molecular weight is 243 g/mol. The van der Waals surface area contributed by atoms with Gasteiger partial charge in [0.1, 0.15) is 0 Å². The molecule has 2 unspecified atom stereocenters. The second-order valence-electron chi connectivity index (χ2n) is 5.06. The SMILES string of the molecule is CC1SCCC1NCCOC1CCCCC1. The normalized spacial score (nSPS) is 32.1. The second kappa shape index (κ2) is 6.87. The van der Waals surface area contributed by atoms with Crippen LogP contribution in [0.3, 0.4) is 0 Å². The Morgan fingerprint density at radius 1 is 1.19 bits per heavy atom. The van der Waals surface area contributed by atoms with Crippen LogP contribution >= 0.6 is 11.8 Å². The monoisotopic (exact) mass is 243 g/mol. The van der Waals surface area contributed by atoms with E-state index < -0.39 is 0 Å². The van der Waals surface area contributed by atoms with Crippen LogP contribution in [0.25, 0.3) is 0 Å². The Hall–Kier alpha value is 0.270. The predicted octanol–water partition coefficient (Wildman–Crippen LogP) is 2.82. The van der Waals surface area contributed by atoms with Gasteiger partial charge >= 0.3 is 0 Å². The molecule has 0 aromatic rings. The summed E-state index contributed by atoms with van der Waals surface area (Å²) in [6, 6.07) is 0.722. The molecule has 3 heteroatoms. The summed E-state index contributed by atoms with van der Waals surface area (Å²) in [6.45, 7) is 4.27. The lowest BCUT2D eigenvalue weighted by Crippen LogP contribution is -2.36. The highest BCUT2D eigenvalue weighted by atomic mass is 32.2. The van der Waals surface area contributed by atoms with Gasteiger partial charge < -0.3 is 10.1 Å². The van der Waals surface area contributed by atoms with Crippen molar-refractivity contribution in [3.63, 3.8) is 0 Å². The fourth-order valence-electron chi connectivity index (χ4n) is 2.70. The van der Waals surface area contributed by atoms with E-state index in [0.717, 1.165) is 24.4 Å². The minimum Gasteiger partial charge on any atom is -0.377 e. The molecule has 1 aliphatic heterocycles. The van der Waals surface area contributed by atoms with Crippen LogP contribution in [0.1, 0.15) is 45.4 Å². The Balaban J connectivity index is 1.51. The van der Waals surface area contributed by atoms with Gasteiger partial charge in [0.2, 0.25) is 0 Å². The van der Waals surface area contributed by atoms with Crippen LogP contribution in [0, 0.1) is 0 Å². The van der Waals surface area contributed by atoms with Crippen molar-refractivity contribution in [3.8, 4) is 0 Å². The molecule has 0 aromatic heterocycles. The maximum atomic E-state index is 5.91. The van der Waals surface area contributed by atoms with Gasteiger partial charge in [0, 0.05) is 17.8 Å². The van der Waals surface area contributed by atoms with E-state index in [1.165, 1.54) is 44.3 Å². The van der Waals surface area contributed by atoms with Crippen molar-refractivity contribution in [2.24, 2.45) is 0 Å². The molecule has 2 fully saturated rings. The number of hydrogen-bond donors (Lipinski definition) is 1. The summed E-state index contributed by atoms with van der Waals surface area (Å²) < 4.78 is 5.91. The second-order valence-corrected chi connectivity index (χ2v) is 6.54. The third-order valence-electron chi connectivity index (χ3n) is 3.79. The van der Waals surface area contributed by atoms with E-state index >= 15 is 0 Å². The van der Waals surface area contributed by atoms with Crippen LogP contribution in [-0.4, -0.2) is 36.3 Å². The highest BCUT2D eigenvalue weighted by Gasteiger charge is 2.23. The van der Waals surface area contributed by atoms with Gasteiger partial charge in [-0.1, -0.05) is 26.2 Å². The summed E-state index contributed by atoms with van der Waals surface area (Å²) in [5.41, 5.74) is 0. The quantitative estimate of drug-likeness (QED) is 0.750. The third kappa shape index (κ3) is 3.94. The molecule has 0 aromatic carbocycles. The molecule has 1 saturated heterocycles. The van der Waals surface area contributed by atoms with Crippen LogP contribution in [0.4, 0.5) is 0 Å². The molecule has 0 spiro atoms. The first-order chi connectivity index (χ1) is 7.86. The summed E-state index contributed by atoms with van der Waals surface area (Å²) >= 11 is 2.09. The topological polar surface area (TPSA) is 21.3 Å². The van der Waals surface area contributed by atoms with Crippen molar-refractivity contribution in [2.45, 2.75) is 62.8 Å². The molecule has 1 N–H and O–H groups in total. The summed E-state index contributed by atoms with van der Waals surface area (Å²) in [4.78, 5) is 0. The van der Waals surface area contributed by atoms with E-state index in [9.17, 15) is 0 Å². The van der Waals surface area contributed by atoms with E-state index in [1.54, 1.807) is 0 Å². The van der Waals surface area contributed by atoms with Gasteiger partial charge in [-0.3, -0.25) is 0 Å². The summed E-state index contributed by atoms with van der Waals surface area (Å²) in [5, 5.41) is 4.41. The molecule has 1 saturated carbocycles. The molecule has 0 amide bonds. The zero-order valence-electron chi connectivity index (χ0n) is 10.4. The van der Waals surface area contributed by atoms with E-state index in [1.807, 2.05) is 0 Å². The zero-order chi connectivity index (χ0) is 11.2. The highest BCUT2D eigenvalue weighted by molar-refractivity contribution is 8.00. The average Bonchev–Trinajstić information content (AvgIpc) is 2.72. The van der Waals surface area contributed by atoms with Crippen molar-refractivity contribution < 1.29 is 4.74 Å². The van der Waals surface area contributed by atoms with Crippen LogP contribution < -0.4 is 5.32 Å². The third-order valence-corrected chi connectivity index (χ3v) is 5.12. The summed E-state index contributed by atoms with van der Waals surface area (Å²) in [7, 11) is 0. The zero-order valence-corrected chi connectivity index (χ0v) is 11.2. The van der Waals surface area contributed by atoms with E-state index in [4.69, 9.17) is 4.74 Å². The smallest absolute Gasteiger partial charge is 0.0594 e. The van der Waals surface area contributed by atoms with E-state index in [-0.39, 0.29) is 0 Å². The number of ether oxygens (including phenoxy) is 1. The molecule has 94 valence electrons. The van der Waals surface area contributed by atoms with E-state index in [0.29, 0.717) is 6.10 Å². The number of rotatable bonds is 5. The van der Waals surface area contributed by atoms with Gasteiger partial charge in [0.15, 0.2) is 0 Å². The van der Waals surface area contributed by atoms with Crippen molar-refractivity contribution in [1.82, 2.24) is 5.32 Å². The van der Waals surface area contributed by atoms with Crippen LogP contribution in [0.15, 0.2) is 0 Å². The molecule has 1 aliphatic carbocycles. The van der Waals surface area contributed by atoms with Crippen LogP contribution in [-0.2, 0) is 4.74 Å². The number of hydrogen-bond acceptors (Lipinski definition) is 3.